The number of benzene rings is 3. The number of hydrogen-bond acceptors (Lipinski definition) is 4. The van der Waals surface area contributed by atoms with Crippen LogP contribution in [0, 0.1) is 6.92 Å². The summed E-state index contributed by atoms with van der Waals surface area (Å²) in [7, 11) is -4.13. The van der Waals surface area contributed by atoms with E-state index in [1.165, 1.54) is 23.1 Å². The largest absolute Gasteiger partial charge is 0.354 e. The highest BCUT2D eigenvalue weighted by Crippen LogP contribution is 2.27. The average Bonchev–Trinajstić information content (AvgIpc) is 2.89. The monoisotopic (exact) mass is 619 g/mol. The molecule has 202 valence electrons. The van der Waals surface area contributed by atoms with Gasteiger partial charge in [-0.3, -0.25) is 13.9 Å². The fraction of sp³-hybridized carbons (Fsp3) is 0.286. The van der Waals surface area contributed by atoms with E-state index in [0.717, 1.165) is 26.3 Å². The van der Waals surface area contributed by atoms with Crippen molar-refractivity contribution in [2.24, 2.45) is 0 Å². The number of carbonyl (C=O) groups excluding carboxylic acids is 2. The summed E-state index contributed by atoms with van der Waals surface area (Å²) in [5.74, 6) is -0.837. The summed E-state index contributed by atoms with van der Waals surface area (Å²) in [5.41, 5.74) is 1.95. The van der Waals surface area contributed by atoms with E-state index >= 15 is 0 Å². The van der Waals surface area contributed by atoms with Gasteiger partial charge in [-0.2, -0.15) is 0 Å². The molecular weight excluding hydrogens is 590 g/mol. The third-order valence-corrected chi connectivity index (χ3v) is 8.52. The molecule has 0 heterocycles. The van der Waals surface area contributed by atoms with E-state index in [-0.39, 0.29) is 23.0 Å². The molecule has 0 saturated carbocycles. The normalized spacial score (nSPS) is 12.0. The van der Waals surface area contributed by atoms with Crippen molar-refractivity contribution in [3.05, 3.63) is 93.4 Å². The molecule has 0 aliphatic rings. The molecule has 0 unspecified atom stereocenters. The molecule has 0 bridgehead atoms. The van der Waals surface area contributed by atoms with Crippen LogP contribution in [0.4, 0.5) is 5.69 Å². The molecule has 0 fully saturated rings. The van der Waals surface area contributed by atoms with Crippen molar-refractivity contribution < 1.29 is 18.0 Å². The number of halogens is 2. The molecule has 1 N–H and O–H groups in total. The minimum absolute atomic E-state index is 0.0454. The fourth-order valence-electron chi connectivity index (χ4n) is 3.76. The highest BCUT2D eigenvalue weighted by Gasteiger charge is 2.32. The van der Waals surface area contributed by atoms with Gasteiger partial charge in [0.1, 0.15) is 12.6 Å². The van der Waals surface area contributed by atoms with Crippen LogP contribution in [-0.2, 0) is 26.2 Å². The molecule has 7 nitrogen and oxygen atoms in total. The maximum absolute atomic E-state index is 13.8. The summed E-state index contributed by atoms with van der Waals surface area (Å²) < 4.78 is 29.5. The molecule has 0 spiro atoms. The van der Waals surface area contributed by atoms with E-state index in [2.05, 4.69) is 21.2 Å². The molecule has 38 heavy (non-hydrogen) atoms. The van der Waals surface area contributed by atoms with Crippen LogP contribution in [0.15, 0.2) is 82.2 Å². The first-order chi connectivity index (χ1) is 18.0. The molecule has 0 radical (unpaired) electrons. The van der Waals surface area contributed by atoms with Gasteiger partial charge in [-0.15, -0.1) is 0 Å². The Morgan fingerprint density at radius 1 is 1.03 bits per heavy atom. The fourth-order valence-corrected chi connectivity index (χ4v) is 5.62. The number of carbonyl (C=O) groups is 2. The predicted molar refractivity (Wildman–Crippen MR) is 155 cm³/mol. The lowest BCUT2D eigenvalue weighted by molar-refractivity contribution is -0.139. The van der Waals surface area contributed by atoms with Crippen molar-refractivity contribution in [3.63, 3.8) is 0 Å². The lowest BCUT2D eigenvalue weighted by Crippen LogP contribution is -2.51. The van der Waals surface area contributed by atoms with Gasteiger partial charge in [0.2, 0.25) is 11.8 Å². The van der Waals surface area contributed by atoms with Gasteiger partial charge in [0.25, 0.3) is 10.0 Å². The van der Waals surface area contributed by atoms with Crippen molar-refractivity contribution in [2.45, 2.75) is 44.7 Å². The molecule has 0 aromatic heterocycles. The van der Waals surface area contributed by atoms with E-state index < -0.39 is 28.5 Å². The molecule has 2 amide bonds. The van der Waals surface area contributed by atoms with Crippen LogP contribution in [-0.4, -0.2) is 44.3 Å². The molecule has 0 aliphatic heterocycles. The Balaban J connectivity index is 2.01. The van der Waals surface area contributed by atoms with E-state index in [1.807, 2.05) is 38.1 Å². The lowest BCUT2D eigenvalue weighted by atomic mass is 10.1. The van der Waals surface area contributed by atoms with Gasteiger partial charge in [0.05, 0.1) is 10.6 Å². The third-order valence-electron chi connectivity index (χ3n) is 5.97. The molecule has 10 heteroatoms. The van der Waals surface area contributed by atoms with Gasteiger partial charge < -0.3 is 10.2 Å². The van der Waals surface area contributed by atoms with Crippen molar-refractivity contribution in [1.82, 2.24) is 10.2 Å². The minimum atomic E-state index is -4.13. The Hall–Kier alpha value is -2.88. The van der Waals surface area contributed by atoms with Crippen LogP contribution in [0.2, 0.25) is 5.02 Å². The molecule has 0 saturated heterocycles. The Morgan fingerprint density at radius 2 is 1.68 bits per heavy atom. The summed E-state index contributed by atoms with van der Waals surface area (Å²) in [5, 5.41) is 3.16. The molecule has 3 aromatic rings. The summed E-state index contributed by atoms with van der Waals surface area (Å²) in [4.78, 5) is 28.2. The van der Waals surface area contributed by atoms with Gasteiger partial charge >= 0.3 is 0 Å². The summed E-state index contributed by atoms with van der Waals surface area (Å²) >= 11 is 9.60. The van der Waals surface area contributed by atoms with Gasteiger partial charge in [-0.25, -0.2) is 8.42 Å². The maximum Gasteiger partial charge on any atom is 0.264 e. The number of sulfonamides is 1. The number of nitrogens with one attached hydrogen (secondary N) is 1. The zero-order valence-electron chi connectivity index (χ0n) is 21.5. The van der Waals surface area contributed by atoms with E-state index in [4.69, 9.17) is 11.6 Å². The maximum atomic E-state index is 13.8. The lowest BCUT2D eigenvalue weighted by Gasteiger charge is -2.32. The first-order valence-electron chi connectivity index (χ1n) is 12.2. The van der Waals surface area contributed by atoms with Crippen molar-refractivity contribution in [2.75, 3.05) is 17.4 Å². The molecule has 0 aliphatic carbocycles. The zero-order valence-corrected chi connectivity index (χ0v) is 24.7. The Morgan fingerprint density at radius 3 is 2.29 bits per heavy atom. The average molecular weight is 621 g/mol. The van der Waals surface area contributed by atoms with Crippen LogP contribution >= 0.6 is 27.5 Å². The number of amides is 2. The molecule has 3 aromatic carbocycles. The Labute approximate surface area is 238 Å². The highest BCUT2D eigenvalue weighted by molar-refractivity contribution is 9.10. The summed E-state index contributed by atoms with van der Waals surface area (Å²) in [6, 6.07) is 19.3. The number of hydrogen-bond donors (Lipinski definition) is 1. The van der Waals surface area contributed by atoms with Gasteiger partial charge in [-0.05, 0) is 68.3 Å². The predicted octanol–water partition coefficient (Wildman–Crippen LogP) is 5.55. The second-order valence-corrected chi connectivity index (χ2v) is 12.1. The van der Waals surface area contributed by atoms with Crippen LogP contribution in [0.3, 0.4) is 0 Å². The Bertz CT molecular complexity index is 1370. The van der Waals surface area contributed by atoms with Crippen molar-refractivity contribution in [3.8, 4) is 0 Å². The summed E-state index contributed by atoms with van der Waals surface area (Å²) in [6.07, 6.45) is 0.746. The second kappa shape index (κ2) is 13.3. The molecule has 1 atom stereocenters. The second-order valence-electron chi connectivity index (χ2n) is 8.92. The number of aryl methyl sites for hydroxylation is 1. The van der Waals surface area contributed by atoms with Gasteiger partial charge in [0.15, 0.2) is 0 Å². The Kier molecular flexibility index (Phi) is 10.4. The number of rotatable bonds is 11. The minimum Gasteiger partial charge on any atom is -0.354 e. The van der Waals surface area contributed by atoms with E-state index in [1.54, 1.807) is 37.3 Å². The molecule has 3 rings (SSSR count). The van der Waals surface area contributed by atoms with Crippen LogP contribution < -0.4 is 9.62 Å². The summed E-state index contributed by atoms with van der Waals surface area (Å²) in [6.45, 7) is 5.52. The SMILES string of the molecule is CCCNC(=O)[C@H](C)N(Cc1ccc(Br)cc1)C(=O)CN(c1cccc(Cl)c1)S(=O)(=O)c1ccc(C)cc1. The standard InChI is InChI=1S/C28H31BrClN3O4S/c1-4-16-31-28(35)21(3)32(18-22-10-12-23(29)13-11-22)27(34)19-33(25-7-5-6-24(30)17-25)38(36,37)26-14-8-20(2)9-15-26/h5-15,17,21H,4,16,18-19H2,1-3H3,(H,31,35)/t21-/m0/s1. The van der Waals surface area contributed by atoms with Crippen LogP contribution in [0.25, 0.3) is 0 Å². The van der Waals surface area contributed by atoms with Crippen LogP contribution in [0.5, 0.6) is 0 Å². The molecular formula is C28H31BrClN3O4S. The quantitative estimate of drug-likeness (QED) is 0.305. The van der Waals surface area contributed by atoms with Gasteiger partial charge in [-0.1, -0.05) is 70.3 Å². The number of nitrogens with zero attached hydrogens (tertiary/aromatic N) is 2. The van der Waals surface area contributed by atoms with Crippen molar-refractivity contribution >= 4 is 55.1 Å². The topological polar surface area (TPSA) is 86.8 Å². The first-order valence-corrected chi connectivity index (χ1v) is 14.8. The first kappa shape index (κ1) is 29.7. The zero-order chi connectivity index (χ0) is 27.9. The number of anilines is 1. The van der Waals surface area contributed by atoms with E-state index in [0.29, 0.717) is 11.6 Å². The van der Waals surface area contributed by atoms with Crippen molar-refractivity contribution in [1.29, 1.82) is 0 Å². The third kappa shape index (κ3) is 7.58. The van der Waals surface area contributed by atoms with E-state index in [9.17, 15) is 18.0 Å². The van der Waals surface area contributed by atoms with Crippen LogP contribution in [0.1, 0.15) is 31.4 Å². The highest BCUT2D eigenvalue weighted by atomic mass is 79.9. The van der Waals surface area contributed by atoms with Gasteiger partial charge in [0, 0.05) is 22.6 Å². The smallest absolute Gasteiger partial charge is 0.264 e.